The number of likely N-dealkylation sites (N-methyl/N-ethyl adjacent to an activating group) is 2. The highest BCUT2D eigenvalue weighted by molar-refractivity contribution is 7.23. The molecule has 7 rings (SSSR count). The molecule has 258 valence electrons. The van der Waals surface area contributed by atoms with Gasteiger partial charge in [-0.05, 0) is 72.3 Å². The van der Waals surface area contributed by atoms with Gasteiger partial charge in [0.2, 0.25) is 0 Å². The highest BCUT2D eigenvalue weighted by Crippen LogP contribution is 2.48. The lowest BCUT2D eigenvalue weighted by atomic mass is 9.75. The summed E-state index contributed by atoms with van der Waals surface area (Å²) in [6, 6.07) is 2.80. The maximum atomic E-state index is 16.8. The van der Waals surface area contributed by atoms with E-state index < -0.39 is 23.1 Å². The van der Waals surface area contributed by atoms with Crippen LogP contribution in [0.15, 0.2) is 17.3 Å². The van der Waals surface area contributed by atoms with Crippen LogP contribution in [0.25, 0.3) is 32.2 Å². The molecule has 4 heterocycles. The van der Waals surface area contributed by atoms with Crippen molar-refractivity contribution in [2.45, 2.75) is 56.7 Å². The van der Waals surface area contributed by atoms with Crippen molar-refractivity contribution in [3.63, 3.8) is 0 Å². The molecule has 1 atom stereocenters. The number of fused-ring (bicyclic) bond motifs is 2. The molecular formula is C35H38F4N8OS. The fourth-order valence-corrected chi connectivity index (χ4v) is 8.39. The molecule has 3 fully saturated rings. The van der Waals surface area contributed by atoms with Crippen LogP contribution in [-0.2, 0) is 0 Å². The van der Waals surface area contributed by atoms with Gasteiger partial charge in [-0.2, -0.15) is 15.2 Å². The number of nitrogens with zero attached hydrogens (tertiary/aromatic N) is 8. The lowest BCUT2D eigenvalue weighted by Crippen LogP contribution is -2.56. The molecule has 0 N–H and O–H groups in total. The molecule has 0 unspecified atom stereocenters. The van der Waals surface area contributed by atoms with Crippen molar-refractivity contribution >= 4 is 49.9 Å². The van der Waals surface area contributed by atoms with Gasteiger partial charge in [0.25, 0.3) is 0 Å². The first-order chi connectivity index (χ1) is 23.3. The fraction of sp³-hybridized carbons (Fsp3) is 0.514. The van der Waals surface area contributed by atoms with E-state index in [0.717, 1.165) is 49.5 Å². The van der Waals surface area contributed by atoms with Crippen molar-refractivity contribution in [2.24, 2.45) is 10.4 Å². The number of benzene rings is 1. The van der Waals surface area contributed by atoms with Gasteiger partial charge in [0.1, 0.15) is 33.8 Å². The Morgan fingerprint density at radius 2 is 1.88 bits per heavy atom. The summed E-state index contributed by atoms with van der Waals surface area (Å²) in [4.78, 5) is 23.8. The number of aromatic nitrogens is 3. The Morgan fingerprint density at radius 1 is 1.12 bits per heavy atom. The summed E-state index contributed by atoms with van der Waals surface area (Å²) >= 11 is 0.760. The standard InChI is InChI=1S/C35H38F4N8OS/c1-33(39)11-12-47(16-33)17-34(9-10-34)19-48-32-43-28-22(30(44-32)46(5)18-35(45(3)4)7-6-8-35)15-42-27(26(28)38)20-13-23(36)25(37)29-24(20)21(14-40)31(41-2)49-29/h13,15H,2,6-12,16-19H2,1,3-5H3/t33-/m1/s1. The summed E-state index contributed by atoms with van der Waals surface area (Å²) in [5.74, 6) is -2.84. The zero-order valence-electron chi connectivity index (χ0n) is 28.0. The largest absolute Gasteiger partial charge is 0.463 e. The molecule has 0 radical (unpaired) electrons. The second-order valence-corrected chi connectivity index (χ2v) is 15.5. The van der Waals surface area contributed by atoms with Crippen LogP contribution in [0.1, 0.15) is 51.0 Å². The van der Waals surface area contributed by atoms with Crippen LogP contribution in [0.2, 0.25) is 0 Å². The average Bonchev–Trinajstić information content (AvgIpc) is 3.57. The molecule has 1 saturated heterocycles. The molecule has 2 saturated carbocycles. The third kappa shape index (κ3) is 5.89. The minimum absolute atomic E-state index is 0.00212. The molecule has 3 aliphatic rings. The quantitative estimate of drug-likeness (QED) is 0.122. The van der Waals surface area contributed by atoms with E-state index in [2.05, 4.69) is 31.5 Å². The van der Waals surface area contributed by atoms with Crippen LogP contribution in [0.3, 0.4) is 0 Å². The fourth-order valence-electron chi connectivity index (χ4n) is 7.38. The number of halogens is 4. The number of aliphatic imine (C=N–C) groups is 1. The number of nitriles is 1. The summed E-state index contributed by atoms with van der Waals surface area (Å²) in [7, 11) is 5.98. The lowest BCUT2D eigenvalue weighted by molar-refractivity contribution is 0.0682. The first-order valence-electron chi connectivity index (χ1n) is 16.4. The van der Waals surface area contributed by atoms with Crippen molar-refractivity contribution in [1.29, 1.82) is 5.26 Å². The Hall–Kier alpha value is -3.93. The molecule has 1 aliphatic heterocycles. The number of anilines is 1. The van der Waals surface area contributed by atoms with Crippen LogP contribution in [0, 0.1) is 34.2 Å². The smallest absolute Gasteiger partial charge is 0.319 e. The van der Waals surface area contributed by atoms with E-state index in [1.165, 1.54) is 6.20 Å². The van der Waals surface area contributed by atoms with Gasteiger partial charge in [-0.3, -0.25) is 14.9 Å². The third-order valence-corrected chi connectivity index (χ3v) is 11.8. The Bertz CT molecular complexity index is 2020. The molecule has 3 aromatic heterocycles. The number of hydrogen-bond donors (Lipinski definition) is 0. The normalized spacial score (nSPS) is 21.2. The number of thiophene rings is 1. The Kier molecular flexibility index (Phi) is 8.31. The predicted molar refractivity (Wildman–Crippen MR) is 183 cm³/mol. The highest BCUT2D eigenvalue weighted by atomic mass is 32.1. The van der Waals surface area contributed by atoms with E-state index in [-0.39, 0.29) is 61.0 Å². The molecule has 14 heteroatoms. The van der Waals surface area contributed by atoms with Crippen molar-refractivity contribution < 1.29 is 22.3 Å². The van der Waals surface area contributed by atoms with Gasteiger partial charge >= 0.3 is 6.01 Å². The van der Waals surface area contributed by atoms with Crippen molar-refractivity contribution in [1.82, 2.24) is 24.8 Å². The SMILES string of the molecule is C=Nc1sc2c(F)c(F)cc(-c3ncc4c(N(C)CC5(N(C)C)CCC5)nc(OCC5(CN6CC[C@@](C)(F)C6)CC5)nc4c3F)c2c1C#N. The Balaban J connectivity index is 1.31. The summed E-state index contributed by atoms with van der Waals surface area (Å²) < 4.78 is 67.4. The van der Waals surface area contributed by atoms with Crippen LogP contribution in [0.5, 0.6) is 6.01 Å². The molecule has 49 heavy (non-hydrogen) atoms. The summed E-state index contributed by atoms with van der Waals surface area (Å²) in [5, 5.41) is 10.3. The van der Waals surface area contributed by atoms with E-state index in [0.29, 0.717) is 43.8 Å². The van der Waals surface area contributed by atoms with Crippen LogP contribution in [0.4, 0.5) is 28.4 Å². The molecule has 2 aliphatic carbocycles. The summed E-state index contributed by atoms with van der Waals surface area (Å²) in [6.07, 6.45) is 6.85. The van der Waals surface area contributed by atoms with Crippen molar-refractivity contribution in [3.8, 4) is 23.3 Å². The summed E-state index contributed by atoms with van der Waals surface area (Å²) in [5.41, 5.74) is -2.01. The first kappa shape index (κ1) is 33.6. The second kappa shape index (κ2) is 12.1. The lowest BCUT2D eigenvalue weighted by Gasteiger charge is -2.49. The maximum absolute atomic E-state index is 16.8. The highest BCUT2D eigenvalue weighted by Gasteiger charge is 2.47. The van der Waals surface area contributed by atoms with Crippen LogP contribution < -0.4 is 9.64 Å². The zero-order valence-corrected chi connectivity index (χ0v) is 28.9. The van der Waals surface area contributed by atoms with E-state index in [1.54, 1.807) is 6.92 Å². The number of likely N-dealkylation sites (tertiary alicyclic amines) is 1. The van der Waals surface area contributed by atoms with Gasteiger partial charge in [0, 0.05) is 61.3 Å². The molecule has 0 spiro atoms. The maximum Gasteiger partial charge on any atom is 0.319 e. The topological polar surface area (TPSA) is 93.8 Å². The molecule has 4 aromatic rings. The number of hydrogen-bond acceptors (Lipinski definition) is 10. The summed E-state index contributed by atoms with van der Waals surface area (Å²) in [6.45, 7) is 7.72. The molecular weight excluding hydrogens is 656 g/mol. The number of alkyl halides is 1. The van der Waals surface area contributed by atoms with Gasteiger partial charge in [0.05, 0.1) is 22.3 Å². The molecule has 1 aromatic carbocycles. The monoisotopic (exact) mass is 694 g/mol. The second-order valence-electron chi connectivity index (χ2n) is 14.5. The first-order valence-corrected chi connectivity index (χ1v) is 17.2. The minimum Gasteiger partial charge on any atom is -0.463 e. The number of pyridine rings is 1. The van der Waals surface area contributed by atoms with Gasteiger partial charge < -0.3 is 14.5 Å². The van der Waals surface area contributed by atoms with E-state index >= 15 is 4.39 Å². The number of rotatable bonds is 11. The van der Waals surface area contributed by atoms with Gasteiger partial charge in [-0.15, -0.1) is 11.3 Å². The van der Waals surface area contributed by atoms with E-state index in [4.69, 9.17) is 9.72 Å². The minimum atomic E-state index is -1.22. The molecule has 0 bridgehead atoms. The molecule has 9 nitrogen and oxygen atoms in total. The van der Waals surface area contributed by atoms with E-state index in [1.807, 2.05) is 32.1 Å². The Morgan fingerprint density at radius 3 is 2.47 bits per heavy atom. The van der Waals surface area contributed by atoms with Crippen LogP contribution >= 0.6 is 11.3 Å². The van der Waals surface area contributed by atoms with Crippen molar-refractivity contribution in [2.75, 3.05) is 58.8 Å². The third-order valence-electron chi connectivity index (χ3n) is 10.6. The van der Waals surface area contributed by atoms with Gasteiger partial charge in [-0.25, -0.2) is 17.6 Å². The number of ether oxygens (including phenoxy) is 1. The molecule has 0 amide bonds. The Labute approximate surface area is 286 Å². The average molecular weight is 695 g/mol. The predicted octanol–water partition coefficient (Wildman–Crippen LogP) is 7.04. The zero-order chi connectivity index (χ0) is 34.9. The van der Waals surface area contributed by atoms with Crippen molar-refractivity contribution in [3.05, 3.63) is 35.3 Å². The van der Waals surface area contributed by atoms with Gasteiger partial charge in [-0.1, -0.05) is 0 Å². The van der Waals surface area contributed by atoms with Crippen LogP contribution in [-0.4, -0.2) is 96.6 Å². The van der Waals surface area contributed by atoms with E-state index in [9.17, 15) is 18.4 Å². The van der Waals surface area contributed by atoms with Gasteiger partial charge in [0.15, 0.2) is 17.5 Å².